The van der Waals surface area contributed by atoms with Gasteiger partial charge >= 0.3 is 64.8 Å². The van der Waals surface area contributed by atoms with Crippen molar-refractivity contribution in [3.05, 3.63) is 32.6 Å². The first-order chi connectivity index (χ1) is 10.9. The van der Waals surface area contributed by atoms with Gasteiger partial charge in [0.15, 0.2) is 0 Å². The maximum absolute atomic E-state index is 13.8. The average Bonchev–Trinajstić information content (AvgIpc) is 2.75. The number of phosphoric acid groups is 1. The molecule has 23 heavy (non-hydrogen) atoms. The zero-order chi connectivity index (χ0) is 18.3. The maximum Gasteiger partial charge on any atom is 1.00 e. The van der Waals surface area contributed by atoms with E-state index in [4.69, 9.17) is 8.85 Å². The van der Waals surface area contributed by atoms with E-state index in [2.05, 4.69) is 4.52 Å². The molecule has 13 heteroatoms. The Morgan fingerprint density at radius 2 is 2.22 bits per heavy atom. The summed E-state index contributed by atoms with van der Waals surface area (Å²) in [6, 6.07) is 0. The summed E-state index contributed by atoms with van der Waals surface area (Å²) < 4.78 is 55.7. The van der Waals surface area contributed by atoms with E-state index in [1.165, 1.54) is 0 Å². The normalized spacial score (nSPS) is 26.4. The second-order valence-electron chi connectivity index (χ2n) is 4.33. The number of aromatic nitrogens is 2. The van der Waals surface area contributed by atoms with Gasteiger partial charge in [-0.25, -0.2) is 9.18 Å². The Hall–Kier alpha value is 0.680. The van der Waals surface area contributed by atoms with E-state index >= 15 is 0 Å². The average molecular weight is 371 g/mol. The number of alkyl halides is 1. The summed E-state index contributed by atoms with van der Waals surface area (Å²) >= 11 is 0. The summed E-state index contributed by atoms with van der Waals surface area (Å²) in [5, 5.41) is 0. The first-order valence-electron chi connectivity index (χ1n) is 7.20. The smallest absolute Gasteiger partial charge is 0.790 e. The molecule has 2 rings (SSSR count). The Bertz CT molecular complexity index is 783. The SMILES string of the molecule is [2H]C([2H])([2H])c1cn([C@H]2C[C@H](F)[C@@H](COP(=O)([O-])[O-])O2)c(=O)[nH]c1=O.[Na+].[Na+]. The largest absolute Gasteiger partial charge is 1.00 e. The molecule has 0 radical (unpaired) electrons. The van der Waals surface area contributed by atoms with E-state index < -0.39 is 63.0 Å². The number of nitrogens with one attached hydrogen (secondary N) is 1. The zero-order valence-corrected chi connectivity index (χ0v) is 17.2. The van der Waals surface area contributed by atoms with Gasteiger partial charge < -0.3 is 23.6 Å². The van der Waals surface area contributed by atoms with Crippen LogP contribution in [0.4, 0.5) is 4.39 Å². The summed E-state index contributed by atoms with van der Waals surface area (Å²) in [4.78, 5) is 45.9. The van der Waals surface area contributed by atoms with Crippen molar-refractivity contribution in [1.29, 1.82) is 0 Å². The van der Waals surface area contributed by atoms with Crippen LogP contribution in [0.2, 0.25) is 0 Å². The molecular formula is C10H12FN2Na2O7P. The fraction of sp³-hybridized carbons (Fsp3) is 0.600. The van der Waals surface area contributed by atoms with Gasteiger partial charge in [0.2, 0.25) is 0 Å². The second-order valence-corrected chi connectivity index (χ2v) is 5.49. The van der Waals surface area contributed by atoms with Crippen LogP contribution in [0.1, 0.15) is 22.3 Å². The number of halogens is 1. The van der Waals surface area contributed by atoms with Gasteiger partial charge in [-0.15, -0.1) is 0 Å². The molecule has 1 saturated heterocycles. The molecule has 0 aliphatic carbocycles. The Balaban J connectivity index is 0.00000312. The quantitative estimate of drug-likeness (QED) is 0.410. The Labute approximate surface area is 178 Å². The first-order valence-corrected chi connectivity index (χ1v) is 7.16. The Morgan fingerprint density at radius 1 is 1.57 bits per heavy atom. The number of rotatable bonds is 4. The number of aromatic amines is 1. The standard InChI is InChI=1S/C10H14FN2O7P.2Na/c1-5-3-13(10(15)12-9(5)14)8-2-6(11)7(20-8)4-19-21(16,17)18;;/h3,6-8H,2,4H2,1H3,(H,12,14,15)(H2,16,17,18);;/q;2*+1/p-2/t6-,7+,8+;;/m0../s1/i1D3;;. The molecule has 118 valence electrons. The van der Waals surface area contributed by atoms with E-state index in [1.54, 1.807) is 4.98 Å². The summed E-state index contributed by atoms with van der Waals surface area (Å²) in [6.45, 7) is -3.69. The zero-order valence-electron chi connectivity index (χ0n) is 15.4. The Morgan fingerprint density at radius 3 is 2.78 bits per heavy atom. The van der Waals surface area contributed by atoms with Gasteiger partial charge in [-0.3, -0.25) is 14.3 Å². The van der Waals surface area contributed by atoms with Gasteiger partial charge in [-0.2, -0.15) is 0 Å². The van der Waals surface area contributed by atoms with Crippen molar-refractivity contribution in [2.45, 2.75) is 31.8 Å². The van der Waals surface area contributed by atoms with E-state index in [0.29, 0.717) is 4.57 Å². The van der Waals surface area contributed by atoms with Crippen molar-refractivity contribution in [1.82, 2.24) is 9.55 Å². The molecule has 1 aliphatic heterocycles. The number of phosphoric ester groups is 1. The third-order valence-corrected chi connectivity index (χ3v) is 3.30. The van der Waals surface area contributed by atoms with Crippen LogP contribution in [0.3, 0.4) is 0 Å². The minimum Gasteiger partial charge on any atom is -0.790 e. The monoisotopic (exact) mass is 371 g/mol. The predicted molar refractivity (Wildman–Crippen MR) is 63.0 cm³/mol. The molecule has 3 atom stereocenters. The molecule has 0 spiro atoms. The second kappa shape index (κ2) is 9.40. The predicted octanol–water partition coefficient (Wildman–Crippen LogP) is -7.68. The maximum atomic E-state index is 13.8. The van der Waals surface area contributed by atoms with Gasteiger partial charge in [-0.05, 0) is 6.85 Å². The molecule has 1 aromatic rings. The van der Waals surface area contributed by atoms with Crippen LogP contribution < -0.4 is 80.2 Å². The van der Waals surface area contributed by atoms with Crippen LogP contribution in [-0.2, 0) is 13.8 Å². The van der Waals surface area contributed by atoms with Gasteiger partial charge in [0.25, 0.3) is 5.56 Å². The van der Waals surface area contributed by atoms with Crippen LogP contribution in [-0.4, -0.2) is 28.4 Å². The molecule has 1 fully saturated rings. The molecule has 0 bridgehead atoms. The minimum absolute atomic E-state index is 0. The summed E-state index contributed by atoms with van der Waals surface area (Å²) in [6.07, 6.45) is -4.20. The van der Waals surface area contributed by atoms with Crippen molar-refractivity contribution in [2.75, 3.05) is 6.61 Å². The van der Waals surface area contributed by atoms with Crippen LogP contribution >= 0.6 is 7.82 Å². The molecule has 0 amide bonds. The molecule has 0 saturated carbocycles. The van der Waals surface area contributed by atoms with Crippen molar-refractivity contribution in [3.63, 3.8) is 0 Å². The first kappa shape index (κ1) is 18.5. The third kappa shape index (κ3) is 6.48. The summed E-state index contributed by atoms with van der Waals surface area (Å²) in [5.74, 6) is 0. The van der Waals surface area contributed by atoms with Crippen LogP contribution in [0, 0.1) is 6.85 Å². The van der Waals surface area contributed by atoms with Crippen molar-refractivity contribution in [2.24, 2.45) is 0 Å². The molecular weight excluding hydrogens is 356 g/mol. The topological polar surface area (TPSA) is 137 Å². The molecule has 9 nitrogen and oxygen atoms in total. The fourth-order valence-electron chi connectivity index (χ4n) is 1.87. The molecule has 1 aliphatic rings. The van der Waals surface area contributed by atoms with E-state index in [9.17, 15) is 28.3 Å². The number of aryl methyl sites for hydroxylation is 1. The fourth-order valence-corrected chi connectivity index (χ4v) is 2.20. The van der Waals surface area contributed by atoms with Crippen molar-refractivity contribution >= 4 is 7.82 Å². The summed E-state index contributed by atoms with van der Waals surface area (Å²) in [5.41, 5.74) is -2.82. The number of hydrogen-bond donors (Lipinski definition) is 1. The molecule has 1 aromatic heterocycles. The number of nitrogens with zero attached hydrogens (tertiary/aromatic N) is 1. The minimum atomic E-state index is -5.32. The third-order valence-electron chi connectivity index (χ3n) is 2.84. The van der Waals surface area contributed by atoms with Crippen LogP contribution in [0.5, 0.6) is 0 Å². The number of hydrogen-bond acceptors (Lipinski definition) is 7. The number of H-pyrrole nitrogens is 1. The van der Waals surface area contributed by atoms with E-state index in [1.807, 2.05) is 0 Å². The molecule has 0 aromatic carbocycles. The van der Waals surface area contributed by atoms with Crippen molar-refractivity contribution < 1.29 is 91.2 Å². The van der Waals surface area contributed by atoms with E-state index in [0.717, 1.165) is 6.20 Å². The van der Waals surface area contributed by atoms with Crippen LogP contribution in [0.15, 0.2) is 15.8 Å². The number of ether oxygens (including phenoxy) is 1. The van der Waals surface area contributed by atoms with E-state index in [-0.39, 0.29) is 59.1 Å². The van der Waals surface area contributed by atoms with Gasteiger partial charge in [0.05, 0.1) is 14.4 Å². The molecule has 2 heterocycles. The van der Waals surface area contributed by atoms with Crippen molar-refractivity contribution in [3.8, 4) is 0 Å². The van der Waals surface area contributed by atoms with Gasteiger partial charge in [0, 0.05) is 22.3 Å². The summed E-state index contributed by atoms with van der Waals surface area (Å²) in [7, 11) is -5.32. The van der Waals surface area contributed by atoms with Gasteiger partial charge in [-0.1, -0.05) is 0 Å². The van der Waals surface area contributed by atoms with Crippen LogP contribution in [0.25, 0.3) is 0 Å². The molecule has 0 unspecified atom stereocenters. The van der Waals surface area contributed by atoms with Gasteiger partial charge in [0.1, 0.15) is 18.5 Å². The Kier molecular flexibility index (Phi) is 7.55. The molecule has 1 N–H and O–H groups in total.